The van der Waals surface area contributed by atoms with Gasteiger partial charge < -0.3 is 9.15 Å². The lowest BCUT2D eigenvalue weighted by Crippen LogP contribution is -1.83. The summed E-state index contributed by atoms with van der Waals surface area (Å²) < 4.78 is 10.9. The fourth-order valence-electron chi connectivity index (χ4n) is 1.99. The van der Waals surface area contributed by atoms with E-state index in [2.05, 4.69) is 10.2 Å². The molecule has 0 N–H and O–H groups in total. The average molecular weight is 266 g/mol. The van der Waals surface area contributed by atoms with Crippen LogP contribution in [0, 0.1) is 6.92 Å². The van der Waals surface area contributed by atoms with Crippen LogP contribution in [0.2, 0.25) is 0 Å². The molecule has 1 heterocycles. The van der Waals surface area contributed by atoms with Crippen LogP contribution in [0.5, 0.6) is 5.75 Å². The van der Waals surface area contributed by atoms with Gasteiger partial charge >= 0.3 is 0 Å². The zero-order valence-corrected chi connectivity index (χ0v) is 11.3. The molecule has 100 valence electrons. The van der Waals surface area contributed by atoms with Gasteiger partial charge in [-0.15, -0.1) is 10.2 Å². The van der Waals surface area contributed by atoms with Crippen LogP contribution in [0.4, 0.5) is 0 Å². The first-order valence-corrected chi connectivity index (χ1v) is 6.31. The predicted molar refractivity (Wildman–Crippen MR) is 76.5 cm³/mol. The zero-order valence-electron chi connectivity index (χ0n) is 11.3. The third-order valence-electron chi connectivity index (χ3n) is 3.01. The van der Waals surface area contributed by atoms with Crippen molar-refractivity contribution in [3.8, 4) is 28.7 Å². The number of hydrogen-bond acceptors (Lipinski definition) is 4. The molecule has 0 fully saturated rings. The molecule has 3 rings (SSSR count). The summed E-state index contributed by atoms with van der Waals surface area (Å²) in [5, 5.41) is 8.20. The molecule has 20 heavy (non-hydrogen) atoms. The van der Waals surface area contributed by atoms with Crippen LogP contribution in [0.15, 0.2) is 52.9 Å². The molecule has 0 aliphatic carbocycles. The third kappa shape index (κ3) is 2.40. The first-order chi connectivity index (χ1) is 9.76. The maximum Gasteiger partial charge on any atom is 0.248 e. The maximum absolute atomic E-state index is 5.73. The summed E-state index contributed by atoms with van der Waals surface area (Å²) in [5.41, 5.74) is 2.92. The van der Waals surface area contributed by atoms with Crippen molar-refractivity contribution in [2.75, 3.05) is 7.11 Å². The number of benzene rings is 2. The van der Waals surface area contributed by atoms with Crippen molar-refractivity contribution in [1.29, 1.82) is 0 Å². The third-order valence-corrected chi connectivity index (χ3v) is 3.01. The molecular formula is C16H14N2O2. The normalized spacial score (nSPS) is 10.5. The van der Waals surface area contributed by atoms with Gasteiger partial charge in [0.15, 0.2) is 0 Å². The van der Waals surface area contributed by atoms with Crippen molar-refractivity contribution in [2.24, 2.45) is 0 Å². The van der Waals surface area contributed by atoms with Gasteiger partial charge in [0, 0.05) is 11.1 Å². The van der Waals surface area contributed by atoms with E-state index in [0.29, 0.717) is 11.8 Å². The highest BCUT2D eigenvalue weighted by molar-refractivity contribution is 5.59. The van der Waals surface area contributed by atoms with Gasteiger partial charge in [-0.05, 0) is 37.3 Å². The van der Waals surface area contributed by atoms with Crippen molar-refractivity contribution >= 4 is 0 Å². The van der Waals surface area contributed by atoms with Crippen LogP contribution >= 0.6 is 0 Å². The van der Waals surface area contributed by atoms with Crippen LogP contribution in [-0.4, -0.2) is 17.3 Å². The van der Waals surface area contributed by atoms with Gasteiger partial charge in [0.2, 0.25) is 11.8 Å². The summed E-state index contributed by atoms with van der Waals surface area (Å²) in [4.78, 5) is 0. The molecule has 4 nitrogen and oxygen atoms in total. The fourth-order valence-corrected chi connectivity index (χ4v) is 1.99. The van der Waals surface area contributed by atoms with Gasteiger partial charge in [-0.2, -0.15) is 0 Å². The Morgan fingerprint density at radius 1 is 0.900 bits per heavy atom. The summed E-state index contributed by atoms with van der Waals surface area (Å²) in [6.07, 6.45) is 0. The maximum atomic E-state index is 5.73. The van der Waals surface area contributed by atoms with E-state index in [9.17, 15) is 0 Å². The van der Waals surface area contributed by atoms with Crippen LogP contribution in [-0.2, 0) is 0 Å². The van der Waals surface area contributed by atoms with Gasteiger partial charge in [-0.25, -0.2) is 0 Å². The second kappa shape index (κ2) is 5.17. The standard InChI is InChI=1S/C16H14N2O2/c1-11-5-3-6-12(9-11)15-17-18-16(20-15)13-7-4-8-14(10-13)19-2/h3-10H,1-2H3. The number of aryl methyl sites for hydroxylation is 1. The summed E-state index contributed by atoms with van der Waals surface area (Å²) >= 11 is 0. The lowest BCUT2D eigenvalue weighted by atomic mass is 10.1. The highest BCUT2D eigenvalue weighted by Gasteiger charge is 2.11. The molecule has 0 radical (unpaired) electrons. The van der Waals surface area contributed by atoms with Crippen LogP contribution in [0.1, 0.15) is 5.56 Å². The molecule has 2 aromatic carbocycles. The minimum atomic E-state index is 0.486. The van der Waals surface area contributed by atoms with Crippen molar-refractivity contribution in [3.05, 3.63) is 54.1 Å². The van der Waals surface area contributed by atoms with E-state index in [-0.39, 0.29) is 0 Å². The summed E-state index contributed by atoms with van der Waals surface area (Å²) in [5.74, 6) is 1.77. The van der Waals surface area contributed by atoms with Crippen molar-refractivity contribution in [2.45, 2.75) is 6.92 Å². The molecule has 0 saturated heterocycles. The molecule has 4 heteroatoms. The quantitative estimate of drug-likeness (QED) is 0.725. The van der Waals surface area contributed by atoms with Crippen molar-refractivity contribution in [1.82, 2.24) is 10.2 Å². The summed E-state index contributed by atoms with van der Waals surface area (Å²) in [6.45, 7) is 2.03. The van der Waals surface area contributed by atoms with Crippen molar-refractivity contribution in [3.63, 3.8) is 0 Å². The van der Waals surface area contributed by atoms with Gasteiger partial charge in [0.1, 0.15) is 5.75 Å². The van der Waals surface area contributed by atoms with Gasteiger partial charge in [0.05, 0.1) is 7.11 Å². The molecule has 0 unspecified atom stereocenters. The Bertz CT molecular complexity index is 735. The first kappa shape index (κ1) is 12.4. The molecule has 0 aliphatic rings. The Morgan fingerprint density at radius 2 is 1.55 bits per heavy atom. The molecule has 0 saturated carbocycles. The second-order valence-electron chi connectivity index (χ2n) is 4.51. The number of hydrogen-bond donors (Lipinski definition) is 0. The first-order valence-electron chi connectivity index (χ1n) is 6.31. The van der Waals surface area contributed by atoms with E-state index in [1.54, 1.807) is 7.11 Å². The Kier molecular flexibility index (Phi) is 3.21. The van der Waals surface area contributed by atoms with Gasteiger partial charge in [0.25, 0.3) is 0 Å². The van der Waals surface area contributed by atoms with E-state index < -0.39 is 0 Å². The fraction of sp³-hybridized carbons (Fsp3) is 0.125. The molecule has 1 aromatic heterocycles. The minimum absolute atomic E-state index is 0.486. The number of methoxy groups -OCH3 is 1. The topological polar surface area (TPSA) is 48.2 Å². The van der Waals surface area contributed by atoms with E-state index in [0.717, 1.165) is 22.4 Å². The summed E-state index contributed by atoms with van der Waals surface area (Å²) in [7, 11) is 1.63. The molecule has 0 atom stereocenters. The monoisotopic (exact) mass is 266 g/mol. The number of aromatic nitrogens is 2. The lowest BCUT2D eigenvalue weighted by Gasteiger charge is -2.00. The molecular weight excluding hydrogens is 252 g/mol. The van der Waals surface area contributed by atoms with E-state index in [4.69, 9.17) is 9.15 Å². The minimum Gasteiger partial charge on any atom is -0.497 e. The lowest BCUT2D eigenvalue weighted by molar-refractivity contribution is 0.415. The second-order valence-corrected chi connectivity index (χ2v) is 4.51. The Morgan fingerprint density at radius 3 is 2.20 bits per heavy atom. The van der Waals surface area contributed by atoms with Crippen LogP contribution in [0.3, 0.4) is 0 Å². The van der Waals surface area contributed by atoms with Crippen LogP contribution < -0.4 is 4.74 Å². The van der Waals surface area contributed by atoms with E-state index in [1.807, 2.05) is 55.5 Å². The average Bonchev–Trinajstić information content (AvgIpc) is 2.97. The summed E-state index contributed by atoms with van der Waals surface area (Å²) in [6, 6.07) is 15.5. The largest absolute Gasteiger partial charge is 0.497 e. The molecule has 0 aliphatic heterocycles. The molecule has 0 spiro atoms. The predicted octanol–water partition coefficient (Wildman–Crippen LogP) is 3.72. The molecule has 0 bridgehead atoms. The van der Waals surface area contributed by atoms with E-state index >= 15 is 0 Å². The highest BCUT2D eigenvalue weighted by atomic mass is 16.5. The SMILES string of the molecule is COc1cccc(-c2nnc(-c3cccc(C)c3)o2)c1. The number of nitrogens with zero attached hydrogens (tertiary/aromatic N) is 2. The highest BCUT2D eigenvalue weighted by Crippen LogP contribution is 2.26. The molecule has 0 amide bonds. The van der Waals surface area contributed by atoms with Gasteiger partial charge in [-0.3, -0.25) is 0 Å². The Hall–Kier alpha value is -2.62. The van der Waals surface area contributed by atoms with Crippen LogP contribution in [0.25, 0.3) is 22.9 Å². The number of rotatable bonds is 3. The van der Waals surface area contributed by atoms with Gasteiger partial charge in [-0.1, -0.05) is 23.8 Å². The number of ether oxygens (including phenoxy) is 1. The van der Waals surface area contributed by atoms with Crippen molar-refractivity contribution < 1.29 is 9.15 Å². The zero-order chi connectivity index (χ0) is 13.9. The Balaban J connectivity index is 1.97. The smallest absolute Gasteiger partial charge is 0.248 e. The molecule has 3 aromatic rings. The van der Waals surface area contributed by atoms with E-state index in [1.165, 1.54) is 0 Å². The Labute approximate surface area is 117 Å².